The molecule has 7 nitrogen and oxygen atoms in total. The van der Waals surface area contributed by atoms with Crippen LogP contribution in [0.1, 0.15) is 22.0 Å². The molecule has 1 rings (SSSR count). The number of nitro benzene ring substituents is 1. The third-order valence-corrected chi connectivity index (χ3v) is 2.02. The molecule has 0 aromatic heterocycles. The number of aldehydes is 1. The van der Waals surface area contributed by atoms with E-state index in [0.717, 1.165) is 6.07 Å². The highest BCUT2D eigenvalue weighted by molar-refractivity contribution is 5.85. The molecule has 0 radical (unpaired) electrons. The van der Waals surface area contributed by atoms with Gasteiger partial charge in [-0.15, -0.1) is 0 Å². The zero-order chi connectivity index (χ0) is 13.2. The fourth-order valence-electron chi connectivity index (χ4n) is 1.27. The van der Waals surface area contributed by atoms with Gasteiger partial charge in [0.15, 0.2) is 12.4 Å². The van der Waals surface area contributed by atoms with Crippen LogP contribution < -0.4 is 0 Å². The summed E-state index contributed by atoms with van der Waals surface area (Å²) >= 11 is 0. The summed E-state index contributed by atoms with van der Waals surface area (Å²) in [7, 11) is 0. The smallest absolute Gasteiger partial charge is 0.337 e. The molecule has 0 fully saturated rings. The minimum absolute atomic E-state index is 0.106. The first-order valence-corrected chi connectivity index (χ1v) is 4.23. The fourth-order valence-corrected chi connectivity index (χ4v) is 1.27. The summed E-state index contributed by atoms with van der Waals surface area (Å²) in [6.07, 6.45) is -2.30. The quantitative estimate of drug-likeness (QED) is 0.455. The summed E-state index contributed by atoms with van der Waals surface area (Å²) in [5, 5.41) is 28.4. The van der Waals surface area contributed by atoms with Crippen molar-refractivity contribution in [1.82, 2.24) is 0 Å². The third kappa shape index (κ3) is 2.26. The summed E-state index contributed by atoms with van der Waals surface area (Å²) in [5.74, 6) is -2.90. The Labute approximate surface area is 93.3 Å². The number of rotatable bonds is 4. The average molecular weight is 243 g/mol. The van der Waals surface area contributed by atoms with Crippen molar-refractivity contribution in [3.05, 3.63) is 39.2 Å². The molecule has 0 saturated carbocycles. The number of benzene rings is 1. The van der Waals surface area contributed by atoms with Crippen LogP contribution >= 0.6 is 0 Å². The van der Waals surface area contributed by atoms with E-state index in [1.165, 1.54) is 0 Å². The zero-order valence-electron chi connectivity index (χ0n) is 8.16. The lowest BCUT2D eigenvalue weighted by atomic mass is 10.0. The first kappa shape index (κ1) is 12.7. The van der Waals surface area contributed by atoms with Crippen LogP contribution in [0.5, 0.6) is 0 Å². The number of hydrogen-bond acceptors (Lipinski definition) is 5. The molecule has 0 amide bonds. The number of carboxylic acid groups (broad SMARTS) is 1. The predicted octanol–water partition coefficient (Wildman–Crippen LogP) is 0.664. The minimum atomic E-state index is -2.20. The Bertz CT molecular complexity index is 501. The lowest BCUT2D eigenvalue weighted by Crippen LogP contribution is -2.14. The molecule has 1 unspecified atom stereocenters. The van der Waals surface area contributed by atoms with Gasteiger partial charge >= 0.3 is 5.97 Å². The van der Waals surface area contributed by atoms with Gasteiger partial charge in [0.05, 0.1) is 10.5 Å². The molecule has 0 bridgehead atoms. The number of carbonyl (C=O) groups excluding carboxylic acids is 1. The summed E-state index contributed by atoms with van der Waals surface area (Å²) in [6.45, 7) is 0. The van der Waals surface area contributed by atoms with Crippen LogP contribution in [0.4, 0.5) is 10.1 Å². The fraction of sp³-hybridized carbons (Fsp3) is 0.111. The van der Waals surface area contributed by atoms with E-state index in [9.17, 15) is 29.2 Å². The normalized spacial score (nSPS) is 11.9. The maximum Gasteiger partial charge on any atom is 0.337 e. The maximum absolute atomic E-state index is 13.1. The zero-order valence-corrected chi connectivity index (χ0v) is 8.16. The van der Waals surface area contributed by atoms with E-state index >= 15 is 0 Å². The van der Waals surface area contributed by atoms with Crippen molar-refractivity contribution in [1.29, 1.82) is 0 Å². The van der Waals surface area contributed by atoms with Crippen molar-refractivity contribution in [2.75, 3.05) is 0 Å². The van der Waals surface area contributed by atoms with Gasteiger partial charge in [0, 0.05) is 0 Å². The summed E-state index contributed by atoms with van der Waals surface area (Å²) < 4.78 is 13.1. The van der Waals surface area contributed by atoms with E-state index in [-0.39, 0.29) is 6.29 Å². The molecule has 0 aliphatic carbocycles. The van der Waals surface area contributed by atoms with Crippen molar-refractivity contribution >= 4 is 17.9 Å². The molecule has 90 valence electrons. The molecule has 0 spiro atoms. The minimum Gasteiger partial charge on any atom is -0.479 e. The van der Waals surface area contributed by atoms with Crippen molar-refractivity contribution < 1.29 is 29.1 Å². The van der Waals surface area contributed by atoms with Crippen molar-refractivity contribution in [2.24, 2.45) is 0 Å². The number of aliphatic hydroxyl groups excluding tert-OH is 1. The number of nitrogens with zero attached hydrogens (tertiary/aromatic N) is 1. The SMILES string of the molecule is O=Cc1c(F)ccc(C(O)C(=O)O)c1[N+](=O)[O-]. The number of carbonyl (C=O) groups is 2. The number of carboxylic acids is 1. The molecule has 0 aliphatic rings. The van der Waals surface area contributed by atoms with Crippen LogP contribution in [0.15, 0.2) is 12.1 Å². The standard InChI is InChI=1S/C9H6FNO6/c10-6-2-1-4(8(13)9(14)15)7(11(16)17)5(6)3-12/h1-3,8,13H,(H,14,15). The Morgan fingerprint density at radius 2 is 2.12 bits per heavy atom. The van der Waals surface area contributed by atoms with Gasteiger partial charge in [0.2, 0.25) is 0 Å². The van der Waals surface area contributed by atoms with Crippen LogP contribution in [-0.2, 0) is 4.79 Å². The van der Waals surface area contributed by atoms with Gasteiger partial charge in [0.1, 0.15) is 11.4 Å². The van der Waals surface area contributed by atoms with Crippen LogP contribution in [0.3, 0.4) is 0 Å². The number of halogens is 1. The largest absolute Gasteiger partial charge is 0.479 e. The molecular weight excluding hydrogens is 237 g/mol. The van der Waals surface area contributed by atoms with Crippen LogP contribution in [-0.4, -0.2) is 27.4 Å². The second-order valence-electron chi connectivity index (χ2n) is 3.01. The van der Waals surface area contributed by atoms with E-state index in [2.05, 4.69) is 0 Å². The molecule has 2 N–H and O–H groups in total. The molecule has 8 heteroatoms. The molecule has 17 heavy (non-hydrogen) atoms. The first-order chi connectivity index (χ1) is 7.90. The van der Waals surface area contributed by atoms with Gasteiger partial charge in [-0.05, 0) is 12.1 Å². The molecule has 1 atom stereocenters. The topological polar surface area (TPSA) is 118 Å². The summed E-state index contributed by atoms with van der Waals surface area (Å²) in [5.41, 5.74) is -2.59. The van der Waals surface area contributed by atoms with Crippen LogP contribution in [0, 0.1) is 15.9 Å². The van der Waals surface area contributed by atoms with Gasteiger partial charge in [-0.25, -0.2) is 9.18 Å². The van der Waals surface area contributed by atoms with Gasteiger partial charge in [-0.2, -0.15) is 0 Å². The molecule has 0 saturated heterocycles. The number of nitro groups is 1. The Balaban J connectivity index is 3.56. The molecule has 1 aromatic rings. The lowest BCUT2D eigenvalue weighted by molar-refractivity contribution is -0.386. The number of hydrogen-bond donors (Lipinski definition) is 2. The van der Waals surface area contributed by atoms with Gasteiger partial charge in [0.25, 0.3) is 5.69 Å². The average Bonchev–Trinajstić information content (AvgIpc) is 2.27. The van der Waals surface area contributed by atoms with Gasteiger partial charge in [-0.1, -0.05) is 0 Å². The van der Waals surface area contributed by atoms with E-state index in [1.54, 1.807) is 0 Å². The van der Waals surface area contributed by atoms with Gasteiger partial charge in [-0.3, -0.25) is 14.9 Å². The Kier molecular flexibility index (Phi) is 3.49. The van der Waals surface area contributed by atoms with Crippen molar-refractivity contribution in [3.63, 3.8) is 0 Å². The molecular formula is C9H6FNO6. The van der Waals surface area contributed by atoms with E-state index in [0.29, 0.717) is 6.07 Å². The molecule has 1 aromatic carbocycles. The third-order valence-electron chi connectivity index (χ3n) is 2.02. The second-order valence-corrected chi connectivity index (χ2v) is 3.01. The Morgan fingerprint density at radius 1 is 1.53 bits per heavy atom. The highest BCUT2D eigenvalue weighted by Gasteiger charge is 2.30. The van der Waals surface area contributed by atoms with Crippen molar-refractivity contribution in [2.45, 2.75) is 6.10 Å². The van der Waals surface area contributed by atoms with E-state index < -0.39 is 39.6 Å². The summed E-state index contributed by atoms with van der Waals surface area (Å²) in [4.78, 5) is 30.6. The number of aliphatic carboxylic acids is 1. The monoisotopic (exact) mass is 243 g/mol. The van der Waals surface area contributed by atoms with Crippen molar-refractivity contribution in [3.8, 4) is 0 Å². The molecule has 0 aliphatic heterocycles. The predicted molar refractivity (Wildman–Crippen MR) is 51.0 cm³/mol. The highest BCUT2D eigenvalue weighted by Crippen LogP contribution is 2.30. The Hall–Kier alpha value is -2.35. The first-order valence-electron chi connectivity index (χ1n) is 4.23. The van der Waals surface area contributed by atoms with Crippen LogP contribution in [0.25, 0.3) is 0 Å². The van der Waals surface area contributed by atoms with E-state index in [1.807, 2.05) is 0 Å². The van der Waals surface area contributed by atoms with E-state index in [4.69, 9.17) is 5.11 Å². The van der Waals surface area contributed by atoms with Gasteiger partial charge < -0.3 is 10.2 Å². The second kappa shape index (κ2) is 4.66. The van der Waals surface area contributed by atoms with Crippen LogP contribution in [0.2, 0.25) is 0 Å². The lowest BCUT2D eigenvalue weighted by Gasteiger charge is -2.08. The maximum atomic E-state index is 13.1. The number of aliphatic hydroxyl groups is 1. The molecule has 0 heterocycles. The Morgan fingerprint density at radius 3 is 2.53 bits per heavy atom. The summed E-state index contributed by atoms with van der Waals surface area (Å²) in [6, 6.07) is 1.43. The highest BCUT2D eigenvalue weighted by atomic mass is 19.1.